The number of hydrogen-bond donors (Lipinski definition) is 1. The fraction of sp³-hybridized carbons (Fsp3) is 0.350. The molecule has 0 radical (unpaired) electrons. The van der Waals surface area contributed by atoms with Gasteiger partial charge < -0.3 is 14.8 Å². The summed E-state index contributed by atoms with van der Waals surface area (Å²) in [6, 6.07) is 13.9. The highest BCUT2D eigenvalue weighted by Crippen LogP contribution is 2.36. The van der Waals surface area contributed by atoms with E-state index < -0.39 is 0 Å². The van der Waals surface area contributed by atoms with Gasteiger partial charge in [-0.25, -0.2) is 0 Å². The first-order valence-corrected chi connectivity index (χ1v) is 8.89. The molecule has 2 aromatic rings. The zero-order chi connectivity index (χ0) is 18.4. The molecule has 1 amide bonds. The maximum absolute atomic E-state index is 12.4. The van der Waals surface area contributed by atoms with Crippen molar-refractivity contribution >= 4 is 21.8 Å². The molecule has 1 N–H and O–H groups in total. The number of carbonyl (C=O) groups excluding carboxylic acids is 1. The molecule has 0 saturated heterocycles. The van der Waals surface area contributed by atoms with Crippen LogP contribution in [-0.2, 0) is 16.8 Å². The number of amides is 1. The molecule has 0 aliphatic carbocycles. The highest BCUT2D eigenvalue weighted by Gasteiger charge is 2.24. The van der Waals surface area contributed by atoms with Crippen LogP contribution in [0.4, 0.5) is 0 Å². The van der Waals surface area contributed by atoms with Crippen molar-refractivity contribution < 1.29 is 14.3 Å². The summed E-state index contributed by atoms with van der Waals surface area (Å²) < 4.78 is 11.4. The molecule has 5 heteroatoms. The minimum Gasteiger partial charge on any atom is -0.493 e. The average Bonchev–Trinajstić information content (AvgIpc) is 2.59. The van der Waals surface area contributed by atoms with Gasteiger partial charge >= 0.3 is 0 Å². The standard InChI is InChI=1S/C20H24BrNO3/c1-20(2,15-8-6-5-7-9-15)12-18(23)22-13-14-10-16(21)19(25-4)17(11-14)24-3/h5-11H,12-13H2,1-4H3,(H,22,23). The lowest BCUT2D eigenvalue weighted by atomic mass is 9.81. The van der Waals surface area contributed by atoms with Gasteiger partial charge in [0.1, 0.15) is 0 Å². The van der Waals surface area contributed by atoms with Gasteiger partial charge in [-0.05, 0) is 44.6 Å². The molecule has 0 bridgehead atoms. The Hall–Kier alpha value is -2.01. The van der Waals surface area contributed by atoms with Gasteiger partial charge in [0.05, 0.1) is 18.7 Å². The number of hydrogen-bond acceptors (Lipinski definition) is 3. The Balaban J connectivity index is 2.02. The molecule has 0 saturated carbocycles. The first-order valence-electron chi connectivity index (χ1n) is 8.10. The number of halogens is 1. The molecule has 2 aromatic carbocycles. The van der Waals surface area contributed by atoms with Crippen molar-refractivity contribution in [3.63, 3.8) is 0 Å². The summed E-state index contributed by atoms with van der Waals surface area (Å²) in [4.78, 5) is 12.4. The summed E-state index contributed by atoms with van der Waals surface area (Å²) in [5.74, 6) is 1.29. The number of nitrogens with one attached hydrogen (secondary N) is 1. The summed E-state index contributed by atoms with van der Waals surface area (Å²) in [7, 11) is 3.19. The number of methoxy groups -OCH3 is 2. The minimum absolute atomic E-state index is 0.0137. The van der Waals surface area contributed by atoms with Crippen LogP contribution in [0.2, 0.25) is 0 Å². The third-order valence-electron chi connectivity index (χ3n) is 4.14. The maximum atomic E-state index is 12.4. The number of ether oxygens (including phenoxy) is 2. The van der Waals surface area contributed by atoms with Crippen LogP contribution in [0.1, 0.15) is 31.4 Å². The zero-order valence-electron chi connectivity index (χ0n) is 15.1. The van der Waals surface area contributed by atoms with Crippen LogP contribution in [0.25, 0.3) is 0 Å². The van der Waals surface area contributed by atoms with Crippen molar-refractivity contribution in [2.45, 2.75) is 32.2 Å². The molecular weight excluding hydrogens is 382 g/mol. The largest absolute Gasteiger partial charge is 0.493 e. The summed E-state index contributed by atoms with van der Waals surface area (Å²) in [6.45, 7) is 4.59. The van der Waals surface area contributed by atoms with Crippen LogP contribution < -0.4 is 14.8 Å². The molecule has 134 valence electrons. The molecule has 0 fully saturated rings. The van der Waals surface area contributed by atoms with E-state index in [1.54, 1.807) is 14.2 Å². The molecule has 0 spiro atoms. The van der Waals surface area contributed by atoms with Gasteiger partial charge in [0.25, 0.3) is 0 Å². The van der Waals surface area contributed by atoms with E-state index in [2.05, 4.69) is 47.2 Å². The van der Waals surface area contributed by atoms with E-state index in [1.165, 1.54) is 0 Å². The van der Waals surface area contributed by atoms with Crippen molar-refractivity contribution in [3.8, 4) is 11.5 Å². The van der Waals surface area contributed by atoms with E-state index in [0.29, 0.717) is 24.5 Å². The number of benzene rings is 2. The number of carbonyl (C=O) groups is 1. The van der Waals surface area contributed by atoms with E-state index in [9.17, 15) is 4.79 Å². The molecule has 0 heterocycles. The quantitative estimate of drug-likeness (QED) is 0.739. The molecule has 0 aliphatic rings. The van der Waals surface area contributed by atoms with Crippen LogP contribution in [0, 0.1) is 0 Å². The first kappa shape index (κ1) is 19.3. The SMILES string of the molecule is COc1cc(CNC(=O)CC(C)(C)c2ccccc2)cc(Br)c1OC. The summed E-state index contributed by atoms with van der Waals surface area (Å²) >= 11 is 3.47. The minimum atomic E-state index is -0.219. The lowest BCUT2D eigenvalue weighted by molar-refractivity contribution is -0.122. The third-order valence-corrected chi connectivity index (χ3v) is 4.73. The first-order chi connectivity index (χ1) is 11.9. The monoisotopic (exact) mass is 405 g/mol. The number of rotatable bonds is 7. The molecule has 0 atom stereocenters. The summed E-state index contributed by atoms with van der Waals surface area (Å²) in [5, 5.41) is 2.98. The van der Waals surface area contributed by atoms with Gasteiger partial charge in [0.2, 0.25) is 5.91 Å². The molecule has 0 aromatic heterocycles. The van der Waals surface area contributed by atoms with Gasteiger partial charge in [-0.2, -0.15) is 0 Å². The van der Waals surface area contributed by atoms with Crippen molar-refractivity contribution in [1.29, 1.82) is 0 Å². The topological polar surface area (TPSA) is 47.6 Å². The Labute approximate surface area is 157 Å². The van der Waals surface area contributed by atoms with Crippen LogP contribution in [0.15, 0.2) is 46.9 Å². The lowest BCUT2D eigenvalue weighted by Crippen LogP contribution is -2.30. The summed E-state index contributed by atoms with van der Waals surface area (Å²) in [5.41, 5.74) is 1.87. The van der Waals surface area contributed by atoms with Crippen LogP contribution in [0.3, 0.4) is 0 Å². The summed E-state index contributed by atoms with van der Waals surface area (Å²) in [6.07, 6.45) is 0.422. The zero-order valence-corrected chi connectivity index (χ0v) is 16.6. The van der Waals surface area contributed by atoms with E-state index in [1.807, 2.05) is 30.3 Å². The second kappa shape index (κ2) is 8.39. The van der Waals surface area contributed by atoms with Gasteiger partial charge in [-0.3, -0.25) is 4.79 Å². The predicted molar refractivity (Wildman–Crippen MR) is 103 cm³/mol. The van der Waals surface area contributed by atoms with Gasteiger partial charge in [0, 0.05) is 13.0 Å². The average molecular weight is 406 g/mol. The smallest absolute Gasteiger partial charge is 0.221 e. The molecular formula is C20H24BrNO3. The van der Waals surface area contributed by atoms with Crippen molar-refractivity contribution in [1.82, 2.24) is 5.32 Å². The maximum Gasteiger partial charge on any atom is 0.221 e. The highest BCUT2D eigenvalue weighted by molar-refractivity contribution is 9.10. The van der Waals surface area contributed by atoms with E-state index >= 15 is 0 Å². The molecule has 0 aliphatic heterocycles. The molecule has 0 unspecified atom stereocenters. The van der Waals surface area contributed by atoms with Gasteiger partial charge in [0.15, 0.2) is 11.5 Å². The fourth-order valence-corrected chi connectivity index (χ4v) is 3.38. The van der Waals surface area contributed by atoms with E-state index in [0.717, 1.165) is 15.6 Å². The Kier molecular flexibility index (Phi) is 6.48. The van der Waals surface area contributed by atoms with E-state index in [-0.39, 0.29) is 11.3 Å². The van der Waals surface area contributed by atoms with Gasteiger partial charge in [-0.1, -0.05) is 44.2 Å². The molecule has 2 rings (SSSR count). The van der Waals surface area contributed by atoms with Crippen LogP contribution >= 0.6 is 15.9 Å². The van der Waals surface area contributed by atoms with Crippen molar-refractivity contribution in [2.24, 2.45) is 0 Å². The normalized spacial score (nSPS) is 11.1. The Bertz CT molecular complexity index is 729. The van der Waals surface area contributed by atoms with Crippen molar-refractivity contribution in [3.05, 3.63) is 58.1 Å². The highest BCUT2D eigenvalue weighted by atomic mass is 79.9. The lowest BCUT2D eigenvalue weighted by Gasteiger charge is -2.24. The Morgan fingerprint density at radius 1 is 1.12 bits per heavy atom. The molecule has 25 heavy (non-hydrogen) atoms. The Morgan fingerprint density at radius 3 is 2.40 bits per heavy atom. The Morgan fingerprint density at radius 2 is 1.80 bits per heavy atom. The van der Waals surface area contributed by atoms with Gasteiger partial charge in [-0.15, -0.1) is 0 Å². The van der Waals surface area contributed by atoms with E-state index in [4.69, 9.17) is 9.47 Å². The fourth-order valence-electron chi connectivity index (χ4n) is 2.73. The second-order valence-corrected chi connectivity index (χ2v) is 7.37. The molecule has 4 nitrogen and oxygen atoms in total. The predicted octanol–water partition coefficient (Wildman–Crippen LogP) is 4.45. The van der Waals surface area contributed by atoms with Crippen molar-refractivity contribution in [2.75, 3.05) is 14.2 Å². The van der Waals surface area contributed by atoms with Crippen LogP contribution in [-0.4, -0.2) is 20.1 Å². The second-order valence-electron chi connectivity index (χ2n) is 6.52. The third kappa shape index (κ3) is 4.98. The van der Waals surface area contributed by atoms with Crippen LogP contribution in [0.5, 0.6) is 11.5 Å².